The van der Waals surface area contributed by atoms with Crippen LogP contribution in [-0.2, 0) is 4.79 Å². The highest BCUT2D eigenvalue weighted by Crippen LogP contribution is 2.38. The van der Waals surface area contributed by atoms with Crippen LogP contribution < -0.4 is 16.2 Å². The van der Waals surface area contributed by atoms with Crippen molar-refractivity contribution in [2.75, 3.05) is 31.1 Å². The Morgan fingerprint density at radius 1 is 1.14 bits per heavy atom. The van der Waals surface area contributed by atoms with Crippen molar-refractivity contribution >= 4 is 39.9 Å². The van der Waals surface area contributed by atoms with E-state index in [1.54, 1.807) is 35.4 Å². The lowest BCUT2D eigenvalue weighted by molar-refractivity contribution is -0.126. The van der Waals surface area contributed by atoms with Gasteiger partial charge in [-0.15, -0.1) is 0 Å². The number of halogens is 2. The number of rotatable bonds is 6. The summed E-state index contributed by atoms with van der Waals surface area (Å²) in [5, 5.41) is 0.753. The van der Waals surface area contributed by atoms with E-state index < -0.39 is 11.4 Å². The van der Waals surface area contributed by atoms with Crippen molar-refractivity contribution in [2.24, 2.45) is 5.73 Å². The van der Waals surface area contributed by atoms with Crippen molar-refractivity contribution in [2.45, 2.75) is 26.7 Å². The summed E-state index contributed by atoms with van der Waals surface area (Å²) in [6.07, 6.45) is 2.99. The molecule has 1 aliphatic rings. The number of carbonyl (C=O) groups is 1. The highest BCUT2D eigenvalue weighted by molar-refractivity contribution is 6.34. The van der Waals surface area contributed by atoms with Crippen LogP contribution in [0.5, 0.6) is 0 Å². The predicted molar refractivity (Wildman–Crippen MR) is 167 cm³/mol. The van der Waals surface area contributed by atoms with Gasteiger partial charge in [0.2, 0.25) is 5.91 Å². The second-order valence-electron chi connectivity index (χ2n) is 10.6. The normalized spacial score (nSPS) is 13.6. The first-order chi connectivity index (χ1) is 20.0. The molecule has 4 aromatic rings. The van der Waals surface area contributed by atoms with Crippen LogP contribution in [0.25, 0.3) is 33.7 Å². The molecule has 2 N–H and O–H groups in total. The van der Waals surface area contributed by atoms with Crippen LogP contribution in [0.3, 0.4) is 0 Å². The largest absolute Gasteiger partial charge is 0.398 e. The van der Waals surface area contributed by atoms with Gasteiger partial charge in [-0.05, 0) is 48.7 Å². The number of aromatic nitrogens is 3. The van der Waals surface area contributed by atoms with Gasteiger partial charge in [-0.2, -0.15) is 0 Å². The number of anilines is 1. The monoisotopic (exact) mass is 586 g/mol. The molecule has 0 aliphatic carbocycles. The molecule has 1 fully saturated rings. The first kappa shape index (κ1) is 29.0. The van der Waals surface area contributed by atoms with Crippen LogP contribution in [0.1, 0.15) is 36.6 Å². The fourth-order valence-corrected chi connectivity index (χ4v) is 5.75. The van der Waals surface area contributed by atoms with Gasteiger partial charge in [0.25, 0.3) is 5.56 Å². The van der Waals surface area contributed by atoms with E-state index in [9.17, 15) is 9.59 Å². The van der Waals surface area contributed by atoms with Crippen LogP contribution in [-0.4, -0.2) is 51.5 Å². The number of hydrogen-bond donors (Lipinski definition) is 1. The average Bonchev–Trinajstić information content (AvgIpc) is 2.96. The van der Waals surface area contributed by atoms with Crippen molar-refractivity contribution < 1.29 is 9.18 Å². The number of benzene rings is 1. The van der Waals surface area contributed by atoms with Gasteiger partial charge < -0.3 is 15.5 Å². The number of piperazine rings is 1. The second kappa shape index (κ2) is 11.4. The maximum Gasteiger partial charge on any atom is 0.268 e. The molecule has 10 heteroatoms. The maximum atomic E-state index is 15.0. The number of aryl methyl sites for hydroxylation is 1. The quantitative estimate of drug-likeness (QED) is 0.302. The molecule has 8 nitrogen and oxygen atoms in total. The van der Waals surface area contributed by atoms with E-state index in [1.165, 1.54) is 16.7 Å². The molecule has 0 saturated carbocycles. The van der Waals surface area contributed by atoms with Crippen LogP contribution in [0.4, 0.5) is 10.1 Å². The number of hydrogen-bond acceptors (Lipinski definition) is 6. The van der Waals surface area contributed by atoms with Crippen molar-refractivity contribution in [1.29, 1.82) is 0 Å². The van der Waals surface area contributed by atoms with Gasteiger partial charge >= 0.3 is 0 Å². The molecule has 216 valence electrons. The molecule has 42 heavy (non-hydrogen) atoms. The summed E-state index contributed by atoms with van der Waals surface area (Å²) >= 11 is 6.82. The van der Waals surface area contributed by atoms with E-state index in [4.69, 9.17) is 22.3 Å². The topological polar surface area (TPSA) is 97.4 Å². The summed E-state index contributed by atoms with van der Waals surface area (Å²) < 4.78 is 16.5. The maximum absolute atomic E-state index is 15.0. The van der Waals surface area contributed by atoms with Crippen molar-refractivity contribution in [3.63, 3.8) is 0 Å². The summed E-state index contributed by atoms with van der Waals surface area (Å²) in [6.45, 7) is 15.1. The van der Waals surface area contributed by atoms with Crippen LogP contribution in [0.2, 0.25) is 5.02 Å². The highest BCUT2D eigenvalue weighted by atomic mass is 35.5. The lowest BCUT2D eigenvalue weighted by atomic mass is 10.0. The minimum absolute atomic E-state index is 0.0279. The van der Waals surface area contributed by atoms with Gasteiger partial charge in [0.05, 0.1) is 33.3 Å². The Labute approximate surface area is 248 Å². The zero-order valence-corrected chi connectivity index (χ0v) is 24.6. The molecule has 4 heterocycles. The van der Waals surface area contributed by atoms with Gasteiger partial charge in [0.1, 0.15) is 11.5 Å². The fourth-order valence-electron chi connectivity index (χ4n) is 5.50. The summed E-state index contributed by atoms with van der Waals surface area (Å²) in [6, 6.07) is 9.75. The molecule has 0 radical (unpaired) electrons. The predicted octanol–water partition coefficient (Wildman–Crippen LogP) is 5.44. The first-order valence-corrected chi connectivity index (χ1v) is 14.0. The van der Waals surface area contributed by atoms with Crippen LogP contribution >= 0.6 is 11.6 Å². The van der Waals surface area contributed by atoms with Crippen LogP contribution in [0, 0.1) is 12.7 Å². The standard InChI is InChI=1S/C32H32ClFN6O2/c1-6-25(41)38-13-15-39(16-14-38)30-22-17-23(33)28(21-9-7-8-10-24(21)34)37-31(22)40(32(42)26(30)20(5)35)29-19(4)11-12-36-27(29)18(2)3/h6-12,17-18H,1,5,13-16,35H2,2-4H3. The molecular weight excluding hydrogens is 555 g/mol. The van der Waals surface area contributed by atoms with E-state index >= 15 is 4.39 Å². The Morgan fingerprint density at radius 2 is 1.83 bits per heavy atom. The molecule has 3 aromatic heterocycles. The molecule has 1 amide bonds. The average molecular weight is 587 g/mol. The third kappa shape index (κ3) is 4.94. The van der Waals surface area contributed by atoms with Crippen molar-refractivity contribution in [3.8, 4) is 16.9 Å². The van der Waals surface area contributed by atoms with E-state index in [-0.39, 0.29) is 45.0 Å². The zero-order chi connectivity index (χ0) is 30.3. The smallest absolute Gasteiger partial charge is 0.268 e. The summed E-state index contributed by atoms with van der Waals surface area (Å²) in [5.41, 5.74) is 9.49. The Balaban J connectivity index is 1.90. The molecule has 5 rings (SSSR count). The number of nitrogens with two attached hydrogens (primary N) is 1. The highest BCUT2D eigenvalue weighted by Gasteiger charge is 2.30. The minimum Gasteiger partial charge on any atom is -0.398 e. The summed E-state index contributed by atoms with van der Waals surface area (Å²) in [5.74, 6) is -0.679. The molecule has 0 spiro atoms. The lowest BCUT2D eigenvalue weighted by Gasteiger charge is -2.37. The zero-order valence-electron chi connectivity index (χ0n) is 23.8. The van der Waals surface area contributed by atoms with Crippen LogP contribution in [0.15, 0.2) is 66.6 Å². The number of pyridine rings is 3. The SMILES string of the molecule is C=CC(=O)N1CCN(c2c(C(=C)N)c(=O)n(-c3c(C)ccnc3C(C)C)c3nc(-c4ccccc4F)c(Cl)cc23)CC1. The summed E-state index contributed by atoms with van der Waals surface area (Å²) in [7, 11) is 0. The third-order valence-electron chi connectivity index (χ3n) is 7.53. The van der Waals surface area contributed by atoms with Gasteiger partial charge in [-0.1, -0.05) is 50.7 Å². The number of amides is 1. The fraction of sp³-hybridized carbons (Fsp3) is 0.250. The Hall–Kier alpha value is -4.50. The molecule has 1 saturated heterocycles. The van der Waals surface area contributed by atoms with E-state index in [2.05, 4.69) is 18.1 Å². The number of fused-ring (bicyclic) bond motifs is 1. The third-order valence-corrected chi connectivity index (χ3v) is 7.82. The Morgan fingerprint density at radius 3 is 2.45 bits per heavy atom. The van der Waals surface area contributed by atoms with Crippen molar-refractivity contribution in [1.82, 2.24) is 19.4 Å². The molecule has 0 unspecified atom stereocenters. The Kier molecular flexibility index (Phi) is 7.88. The lowest BCUT2D eigenvalue weighted by Crippen LogP contribution is -2.49. The molecular formula is C32H32ClFN6O2. The van der Waals surface area contributed by atoms with E-state index in [0.717, 1.165) is 5.56 Å². The van der Waals surface area contributed by atoms with E-state index in [0.29, 0.717) is 48.6 Å². The number of nitrogens with zero attached hydrogens (tertiary/aromatic N) is 5. The van der Waals surface area contributed by atoms with Gasteiger partial charge in [0.15, 0.2) is 0 Å². The Bertz CT molecular complexity index is 1810. The number of carbonyl (C=O) groups excluding carboxylic acids is 1. The van der Waals surface area contributed by atoms with Gasteiger partial charge in [-0.3, -0.25) is 19.1 Å². The summed E-state index contributed by atoms with van der Waals surface area (Å²) in [4.78, 5) is 40.0. The molecule has 1 aromatic carbocycles. The van der Waals surface area contributed by atoms with Crippen molar-refractivity contribution in [3.05, 3.63) is 99.8 Å². The minimum atomic E-state index is -0.490. The van der Waals surface area contributed by atoms with Gasteiger partial charge in [-0.25, -0.2) is 9.37 Å². The molecule has 0 atom stereocenters. The first-order valence-electron chi connectivity index (χ1n) is 13.7. The second-order valence-corrected chi connectivity index (χ2v) is 11.0. The molecule has 1 aliphatic heterocycles. The molecule has 0 bridgehead atoms. The van der Waals surface area contributed by atoms with E-state index in [1.807, 2.05) is 31.7 Å². The van der Waals surface area contributed by atoms with Gasteiger partial charge in [0, 0.05) is 49.0 Å².